The lowest BCUT2D eigenvalue weighted by atomic mass is 10.2. The molecule has 1 unspecified atom stereocenters. The number of ether oxygens (including phenoxy) is 2. The third-order valence-corrected chi connectivity index (χ3v) is 5.44. The average molecular weight is 489 g/mol. The summed E-state index contributed by atoms with van der Waals surface area (Å²) >= 11 is 0. The Morgan fingerprint density at radius 1 is 1.03 bits per heavy atom. The number of hydrazine groups is 1. The van der Waals surface area contributed by atoms with E-state index in [4.69, 9.17) is 9.47 Å². The maximum atomic E-state index is 12.8. The van der Waals surface area contributed by atoms with Crippen LogP contribution in [0.1, 0.15) is 19.4 Å². The lowest BCUT2D eigenvalue weighted by molar-refractivity contribution is -0.137. The maximum absolute atomic E-state index is 12.8. The SMILES string of the molecule is CCOc1ccc(OC(C)C(=O)NNC(=O)CNS(=O)(=O)c2cccc(C(F)(F)F)c2)cc1. The average Bonchev–Trinajstić information content (AvgIpc) is 2.77. The molecule has 2 rings (SSSR count). The number of nitrogens with one attached hydrogen (secondary N) is 3. The van der Waals surface area contributed by atoms with Crippen LogP contribution in [0.15, 0.2) is 53.4 Å². The van der Waals surface area contributed by atoms with Crippen molar-refractivity contribution < 1.29 is 40.7 Å². The fraction of sp³-hybridized carbons (Fsp3) is 0.300. The van der Waals surface area contributed by atoms with E-state index < -0.39 is 51.1 Å². The predicted molar refractivity (Wildman–Crippen MR) is 111 cm³/mol. The van der Waals surface area contributed by atoms with Crippen LogP contribution < -0.4 is 25.0 Å². The Balaban J connectivity index is 1.83. The number of amides is 2. The Morgan fingerprint density at radius 3 is 2.27 bits per heavy atom. The summed E-state index contributed by atoms with van der Waals surface area (Å²) in [6.07, 6.45) is -5.73. The minimum absolute atomic E-state index is 0.376. The molecule has 0 saturated carbocycles. The summed E-state index contributed by atoms with van der Waals surface area (Å²) in [6.45, 7) is 2.93. The Hall–Kier alpha value is -3.32. The second kappa shape index (κ2) is 11.0. The van der Waals surface area contributed by atoms with Gasteiger partial charge in [0, 0.05) is 0 Å². The normalized spacial score (nSPS) is 12.5. The van der Waals surface area contributed by atoms with E-state index in [-0.39, 0.29) is 0 Å². The van der Waals surface area contributed by atoms with E-state index in [1.165, 1.54) is 6.92 Å². The molecule has 2 aromatic rings. The van der Waals surface area contributed by atoms with Gasteiger partial charge in [-0.1, -0.05) is 6.07 Å². The van der Waals surface area contributed by atoms with Gasteiger partial charge in [-0.3, -0.25) is 20.4 Å². The van der Waals surface area contributed by atoms with Gasteiger partial charge in [0.25, 0.3) is 11.8 Å². The van der Waals surface area contributed by atoms with Gasteiger partial charge in [-0.15, -0.1) is 0 Å². The zero-order valence-corrected chi connectivity index (χ0v) is 18.4. The van der Waals surface area contributed by atoms with E-state index in [0.717, 1.165) is 18.2 Å². The molecule has 180 valence electrons. The molecule has 9 nitrogen and oxygen atoms in total. The molecule has 0 bridgehead atoms. The highest BCUT2D eigenvalue weighted by atomic mass is 32.2. The van der Waals surface area contributed by atoms with Crippen molar-refractivity contribution in [3.63, 3.8) is 0 Å². The second-order valence-electron chi connectivity index (χ2n) is 6.55. The molecule has 0 fully saturated rings. The molecule has 33 heavy (non-hydrogen) atoms. The highest BCUT2D eigenvalue weighted by Crippen LogP contribution is 2.30. The highest BCUT2D eigenvalue weighted by Gasteiger charge is 2.31. The number of alkyl halides is 3. The summed E-state index contributed by atoms with van der Waals surface area (Å²) in [7, 11) is -4.40. The van der Waals surface area contributed by atoms with Crippen LogP contribution in [0, 0.1) is 0 Å². The van der Waals surface area contributed by atoms with Crippen molar-refractivity contribution in [1.82, 2.24) is 15.6 Å². The third kappa shape index (κ3) is 7.95. The molecule has 2 aromatic carbocycles. The molecule has 1 atom stereocenters. The summed E-state index contributed by atoms with van der Waals surface area (Å²) in [5.74, 6) is -0.673. The first-order valence-electron chi connectivity index (χ1n) is 9.57. The van der Waals surface area contributed by atoms with Gasteiger partial charge in [0.2, 0.25) is 10.0 Å². The van der Waals surface area contributed by atoms with E-state index >= 15 is 0 Å². The zero-order chi connectivity index (χ0) is 24.6. The molecule has 0 aliphatic heterocycles. The monoisotopic (exact) mass is 489 g/mol. The minimum atomic E-state index is -4.72. The zero-order valence-electron chi connectivity index (χ0n) is 17.6. The fourth-order valence-corrected chi connectivity index (χ4v) is 3.43. The van der Waals surface area contributed by atoms with Crippen LogP contribution in [0.3, 0.4) is 0 Å². The first kappa shape index (κ1) is 25.9. The molecule has 0 aliphatic rings. The number of carbonyl (C=O) groups is 2. The number of sulfonamides is 1. The van der Waals surface area contributed by atoms with Crippen LogP contribution in [-0.2, 0) is 25.8 Å². The maximum Gasteiger partial charge on any atom is 0.416 e. The van der Waals surface area contributed by atoms with Crippen molar-refractivity contribution in [2.75, 3.05) is 13.2 Å². The quantitative estimate of drug-likeness (QED) is 0.463. The number of benzene rings is 2. The molecule has 2 amide bonds. The van der Waals surface area contributed by atoms with E-state index in [2.05, 4.69) is 5.43 Å². The molecule has 0 radical (unpaired) electrons. The lowest BCUT2D eigenvalue weighted by Crippen LogP contribution is -2.50. The summed E-state index contributed by atoms with van der Waals surface area (Å²) in [4.78, 5) is 23.2. The van der Waals surface area contributed by atoms with Crippen LogP contribution >= 0.6 is 0 Å². The standard InChI is InChI=1S/C20H22F3N3O6S/c1-3-31-15-7-9-16(10-8-15)32-13(2)19(28)26-25-18(27)12-24-33(29,30)17-6-4-5-14(11-17)20(21,22)23/h4-11,13,24H,3,12H2,1-2H3,(H,25,27)(H,26,28). The van der Waals surface area contributed by atoms with Crippen molar-refractivity contribution in [2.45, 2.75) is 31.0 Å². The van der Waals surface area contributed by atoms with Gasteiger partial charge in [-0.05, 0) is 56.3 Å². The van der Waals surface area contributed by atoms with Crippen molar-refractivity contribution in [2.24, 2.45) is 0 Å². The van der Waals surface area contributed by atoms with Gasteiger partial charge in [-0.25, -0.2) is 13.1 Å². The highest BCUT2D eigenvalue weighted by molar-refractivity contribution is 7.89. The van der Waals surface area contributed by atoms with E-state index in [1.54, 1.807) is 24.3 Å². The fourth-order valence-electron chi connectivity index (χ4n) is 2.40. The predicted octanol–water partition coefficient (Wildman–Crippen LogP) is 2.00. The van der Waals surface area contributed by atoms with Crippen molar-refractivity contribution in [3.05, 3.63) is 54.1 Å². The molecule has 0 aromatic heterocycles. The summed E-state index contributed by atoms with van der Waals surface area (Å²) in [5.41, 5.74) is 2.91. The van der Waals surface area contributed by atoms with Crippen molar-refractivity contribution in [1.29, 1.82) is 0 Å². The number of carbonyl (C=O) groups excluding carboxylic acids is 2. The Kier molecular flexibility index (Phi) is 8.65. The Bertz CT molecular complexity index is 1080. The lowest BCUT2D eigenvalue weighted by Gasteiger charge is -2.15. The van der Waals surface area contributed by atoms with Gasteiger partial charge in [0.15, 0.2) is 6.10 Å². The van der Waals surface area contributed by atoms with Gasteiger partial charge in [0.1, 0.15) is 11.5 Å². The summed E-state index contributed by atoms with van der Waals surface area (Å²) in [5, 5.41) is 0. The topological polar surface area (TPSA) is 123 Å². The first-order chi connectivity index (χ1) is 15.4. The van der Waals surface area contributed by atoms with E-state index in [0.29, 0.717) is 24.2 Å². The molecule has 0 spiro atoms. The van der Waals surface area contributed by atoms with Crippen LogP contribution in [0.5, 0.6) is 11.5 Å². The molecule has 0 saturated heterocycles. The van der Waals surface area contributed by atoms with E-state index in [9.17, 15) is 31.2 Å². The minimum Gasteiger partial charge on any atom is -0.494 e. The number of halogens is 3. The van der Waals surface area contributed by atoms with Gasteiger partial charge < -0.3 is 9.47 Å². The smallest absolute Gasteiger partial charge is 0.416 e. The molecule has 3 N–H and O–H groups in total. The van der Waals surface area contributed by atoms with Gasteiger partial charge in [-0.2, -0.15) is 13.2 Å². The Labute approximate surface area is 188 Å². The van der Waals surface area contributed by atoms with E-state index in [1.807, 2.05) is 17.1 Å². The van der Waals surface area contributed by atoms with Crippen LogP contribution in [-0.4, -0.2) is 39.5 Å². The van der Waals surface area contributed by atoms with Crippen molar-refractivity contribution >= 4 is 21.8 Å². The largest absolute Gasteiger partial charge is 0.494 e. The van der Waals surface area contributed by atoms with Crippen LogP contribution in [0.4, 0.5) is 13.2 Å². The third-order valence-electron chi connectivity index (χ3n) is 4.04. The molecular weight excluding hydrogens is 467 g/mol. The van der Waals surface area contributed by atoms with Gasteiger partial charge >= 0.3 is 6.18 Å². The molecule has 13 heteroatoms. The summed E-state index contributed by atoms with van der Waals surface area (Å²) in [6, 6.07) is 9.55. The van der Waals surface area contributed by atoms with Crippen molar-refractivity contribution in [3.8, 4) is 11.5 Å². The van der Waals surface area contributed by atoms with Gasteiger partial charge in [0.05, 0.1) is 23.6 Å². The first-order valence-corrected chi connectivity index (χ1v) is 11.1. The summed E-state index contributed by atoms with van der Waals surface area (Å²) < 4.78 is 75.2. The number of hydrogen-bond donors (Lipinski definition) is 3. The molecule has 0 heterocycles. The van der Waals surface area contributed by atoms with Crippen LogP contribution in [0.2, 0.25) is 0 Å². The Morgan fingerprint density at radius 2 is 1.67 bits per heavy atom. The molecular formula is C20H22F3N3O6S. The number of rotatable bonds is 9. The second-order valence-corrected chi connectivity index (χ2v) is 8.32. The number of hydrogen-bond acceptors (Lipinski definition) is 6. The molecule has 0 aliphatic carbocycles. The van der Waals surface area contributed by atoms with Crippen LogP contribution in [0.25, 0.3) is 0 Å².